The van der Waals surface area contributed by atoms with Gasteiger partial charge in [-0.1, -0.05) is 0 Å². The third-order valence-electron chi connectivity index (χ3n) is 5.08. The molecule has 0 radical (unpaired) electrons. The minimum Gasteiger partial charge on any atom is -0.279 e. The molecule has 1 atom stereocenters. The van der Waals surface area contributed by atoms with E-state index in [1.54, 1.807) is 23.2 Å². The van der Waals surface area contributed by atoms with E-state index in [0.717, 1.165) is 12.8 Å². The second-order valence-corrected chi connectivity index (χ2v) is 8.53. The first-order chi connectivity index (χ1) is 12.3. The van der Waals surface area contributed by atoms with E-state index < -0.39 is 10.0 Å². The molecule has 2 aromatic heterocycles. The van der Waals surface area contributed by atoms with Crippen LogP contribution in [0.3, 0.4) is 0 Å². The summed E-state index contributed by atoms with van der Waals surface area (Å²) < 4.78 is 32.4. The highest BCUT2D eigenvalue weighted by molar-refractivity contribution is 7.89. The highest BCUT2D eigenvalue weighted by Gasteiger charge is 2.35. The van der Waals surface area contributed by atoms with Crippen LogP contribution in [0.4, 0.5) is 0 Å². The van der Waals surface area contributed by atoms with Crippen molar-refractivity contribution in [2.75, 3.05) is 13.1 Å². The van der Waals surface area contributed by atoms with Crippen LogP contribution in [0.1, 0.15) is 44.1 Å². The van der Waals surface area contributed by atoms with Crippen LogP contribution in [0.15, 0.2) is 15.9 Å². The minimum atomic E-state index is -3.62. The van der Waals surface area contributed by atoms with Crippen molar-refractivity contribution in [2.24, 2.45) is 7.05 Å². The number of aromatic nitrogens is 5. The van der Waals surface area contributed by atoms with Gasteiger partial charge in [0.2, 0.25) is 10.0 Å². The predicted molar refractivity (Wildman–Crippen MR) is 96.5 cm³/mol. The van der Waals surface area contributed by atoms with Gasteiger partial charge in [-0.05, 0) is 33.6 Å². The van der Waals surface area contributed by atoms with Crippen LogP contribution < -0.4 is 5.69 Å². The molecule has 3 rings (SSSR count). The molecule has 3 heterocycles. The van der Waals surface area contributed by atoms with Gasteiger partial charge in [0, 0.05) is 39.1 Å². The van der Waals surface area contributed by atoms with Gasteiger partial charge in [-0.3, -0.25) is 9.25 Å². The zero-order valence-electron chi connectivity index (χ0n) is 15.7. The number of aryl methyl sites for hydroxylation is 2. The Kier molecular flexibility index (Phi) is 5.07. The molecule has 1 aliphatic heterocycles. The minimum absolute atomic E-state index is 0.0890. The van der Waals surface area contributed by atoms with Crippen LogP contribution in [-0.2, 0) is 30.2 Å². The van der Waals surface area contributed by atoms with Crippen LogP contribution in [0.5, 0.6) is 0 Å². The number of rotatable bonds is 5. The van der Waals surface area contributed by atoms with Crippen LogP contribution in [0.2, 0.25) is 0 Å². The lowest BCUT2D eigenvalue weighted by Gasteiger charge is -2.31. The Labute approximate surface area is 153 Å². The second-order valence-electron chi connectivity index (χ2n) is 6.62. The fraction of sp³-hybridized carbons (Fsp3) is 0.688. The molecule has 2 aromatic rings. The maximum atomic E-state index is 13.1. The normalized spacial score (nSPS) is 19.2. The smallest absolute Gasteiger partial charge is 0.279 e. The number of sulfonamides is 1. The molecule has 0 unspecified atom stereocenters. The average molecular weight is 382 g/mol. The fourth-order valence-electron chi connectivity index (χ4n) is 3.63. The zero-order chi connectivity index (χ0) is 19.1. The van der Waals surface area contributed by atoms with Crippen LogP contribution >= 0.6 is 0 Å². The van der Waals surface area contributed by atoms with Crippen molar-refractivity contribution in [3.8, 4) is 0 Å². The molecule has 1 aliphatic rings. The summed E-state index contributed by atoms with van der Waals surface area (Å²) in [6.07, 6.45) is 2.98. The molecule has 9 nitrogen and oxygen atoms in total. The molecular weight excluding hydrogens is 356 g/mol. The van der Waals surface area contributed by atoms with Crippen molar-refractivity contribution in [3.05, 3.63) is 28.2 Å². The average Bonchev–Trinajstić information content (AvgIpc) is 3.15. The lowest BCUT2D eigenvalue weighted by atomic mass is 9.99. The van der Waals surface area contributed by atoms with Gasteiger partial charge >= 0.3 is 5.69 Å². The Balaban J connectivity index is 1.92. The maximum Gasteiger partial charge on any atom is 0.345 e. The van der Waals surface area contributed by atoms with E-state index >= 15 is 0 Å². The van der Waals surface area contributed by atoms with Gasteiger partial charge in [0.05, 0.1) is 11.9 Å². The van der Waals surface area contributed by atoms with E-state index in [0.29, 0.717) is 37.7 Å². The maximum absolute atomic E-state index is 13.1. The largest absolute Gasteiger partial charge is 0.345 e. The fourth-order valence-corrected chi connectivity index (χ4v) is 5.32. The van der Waals surface area contributed by atoms with Gasteiger partial charge in [0.25, 0.3) is 0 Å². The molecule has 0 aromatic carbocycles. The predicted octanol–water partition coefficient (Wildman–Crippen LogP) is 0.695. The van der Waals surface area contributed by atoms with Gasteiger partial charge in [-0.25, -0.2) is 17.9 Å². The van der Waals surface area contributed by atoms with E-state index in [1.165, 1.54) is 15.2 Å². The summed E-state index contributed by atoms with van der Waals surface area (Å²) >= 11 is 0. The summed E-state index contributed by atoms with van der Waals surface area (Å²) in [5.41, 5.74) is 0.487. The second kappa shape index (κ2) is 6.99. The Bertz CT molecular complexity index is 955. The SMILES string of the molecule is CCn1ncc(S(=O)(=O)N2CCC[C@H](c3nn(C)c(=O)n3CC)C2)c1C. The standard InChI is InChI=1S/C16H26N6O3S/c1-5-21-15(18-19(4)16(21)23)13-8-7-9-20(11-13)26(24,25)14-10-17-22(6-2)12(14)3/h10,13H,5-9,11H2,1-4H3/t13-/m0/s1. The van der Waals surface area contributed by atoms with Gasteiger partial charge < -0.3 is 0 Å². The highest BCUT2D eigenvalue weighted by atomic mass is 32.2. The summed E-state index contributed by atoms with van der Waals surface area (Å²) in [6, 6.07) is 0. The quantitative estimate of drug-likeness (QED) is 0.758. The third kappa shape index (κ3) is 3.01. The van der Waals surface area contributed by atoms with Gasteiger partial charge in [0.15, 0.2) is 0 Å². The van der Waals surface area contributed by atoms with E-state index in [1.807, 2.05) is 13.8 Å². The molecule has 0 saturated carbocycles. The third-order valence-corrected chi connectivity index (χ3v) is 7.05. The number of hydrogen-bond acceptors (Lipinski definition) is 5. The first kappa shape index (κ1) is 18.8. The molecule has 1 saturated heterocycles. The summed E-state index contributed by atoms with van der Waals surface area (Å²) in [5.74, 6) is 0.578. The molecule has 26 heavy (non-hydrogen) atoms. The first-order valence-corrected chi connectivity index (χ1v) is 10.4. The first-order valence-electron chi connectivity index (χ1n) is 8.97. The van der Waals surface area contributed by atoms with Gasteiger partial charge in [-0.2, -0.15) is 14.5 Å². The molecule has 10 heteroatoms. The molecular formula is C16H26N6O3S. The number of hydrogen-bond donors (Lipinski definition) is 0. The monoisotopic (exact) mass is 382 g/mol. The van der Waals surface area contributed by atoms with E-state index in [-0.39, 0.29) is 16.5 Å². The van der Waals surface area contributed by atoms with E-state index in [4.69, 9.17) is 0 Å². The molecule has 0 amide bonds. The Morgan fingerprint density at radius 2 is 2.00 bits per heavy atom. The van der Waals surface area contributed by atoms with Crippen molar-refractivity contribution in [1.82, 2.24) is 28.4 Å². The van der Waals surface area contributed by atoms with Crippen molar-refractivity contribution in [1.29, 1.82) is 0 Å². The van der Waals surface area contributed by atoms with Crippen molar-refractivity contribution < 1.29 is 8.42 Å². The van der Waals surface area contributed by atoms with Gasteiger partial charge in [-0.15, -0.1) is 0 Å². The van der Waals surface area contributed by atoms with E-state index in [9.17, 15) is 13.2 Å². The summed E-state index contributed by atoms with van der Waals surface area (Å²) in [5, 5.41) is 8.52. The lowest BCUT2D eigenvalue weighted by Crippen LogP contribution is -2.40. The Hall–Kier alpha value is -1.94. The van der Waals surface area contributed by atoms with Crippen molar-refractivity contribution >= 4 is 10.0 Å². The Morgan fingerprint density at radius 3 is 2.62 bits per heavy atom. The molecule has 1 fully saturated rings. The number of piperidine rings is 1. The van der Waals surface area contributed by atoms with Crippen molar-refractivity contribution in [3.63, 3.8) is 0 Å². The van der Waals surface area contributed by atoms with Crippen LogP contribution in [-0.4, -0.2) is 49.9 Å². The van der Waals surface area contributed by atoms with Crippen LogP contribution in [0.25, 0.3) is 0 Å². The topological polar surface area (TPSA) is 95.0 Å². The van der Waals surface area contributed by atoms with Crippen molar-refractivity contribution in [2.45, 2.75) is 57.5 Å². The molecule has 0 N–H and O–H groups in total. The highest BCUT2D eigenvalue weighted by Crippen LogP contribution is 2.30. The van der Waals surface area contributed by atoms with Crippen LogP contribution in [0, 0.1) is 6.92 Å². The molecule has 144 valence electrons. The molecule has 0 aliphatic carbocycles. The summed E-state index contributed by atoms with van der Waals surface area (Å²) in [4.78, 5) is 12.4. The molecule has 0 bridgehead atoms. The Morgan fingerprint density at radius 1 is 1.27 bits per heavy atom. The zero-order valence-corrected chi connectivity index (χ0v) is 16.5. The van der Waals surface area contributed by atoms with E-state index in [2.05, 4.69) is 10.2 Å². The summed E-state index contributed by atoms with van der Waals surface area (Å²) in [6.45, 7) is 7.55. The molecule has 0 spiro atoms. The van der Waals surface area contributed by atoms with Gasteiger partial charge in [0.1, 0.15) is 10.7 Å². The summed E-state index contributed by atoms with van der Waals surface area (Å²) in [7, 11) is -1.99. The lowest BCUT2D eigenvalue weighted by molar-refractivity contribution is 0.304. The number of nitrogens with zero attached hydrogens (tertiary/aromatic N) is 6.